The lowest BCUT2D eigenvalue weighted by Gasteiger charge is -2.21. The zero-order chi connectivity index (χ0) is 14.7. The van der Waals surface area contributed by atoms with Crippen molar-refractivity contribution in [2.45, 2.75) is 32.9 Å². The van der Waals surface area contributed by atoms with E-state index in [1.807, 2.05) is 45.0 Å². The molecule has 0 amide bonds. The van der Waals surface area contributed by atoms with Crippen molar-refractivity contribution in [3.8, 4) is 0 Å². The third-order valence-electron chi connectivity index (χ3n) is 3.50. The summed E-state index contributed by atoms with van der Waals surface area (Å²) in [5.74, 6) is -0.805. The fraction of sp³-hybridized carbons (Fsp3) is 0.294. The molecule has 1 N–H and O–H groups in total. The Labute approximate surface area is 118 Å². The van der Waals surface area contributed by atoms with Crippen molar-refractivity contribution in [2.24, 2.45) is 0 Å². The number of halogens is 2. The van der Waals surface area contributed by atoms with E-state index >= 15 is 0 Å². The van der Waals surface area contributed by atoms with E-state index in [0.29, 0.717) is 5.56 Å². The fourth-order valence-electron chi connectivity index (χ4n) is 2.26. The first kappa shape index (κ1) is 14.7. The molecule has 2 aromatic carbocycles. The number of hydrogen-bond acceptors (Lipinski definition) is 1. The van der Waals surface area contributed by atoms with Gasteiger partial charge in [0.15, 0.2) is 0 Å². The van der Waals surface area contributed by atoms with E-state index < -0.39 is 5.82 Å². The largest absolute Gasteiger partial charge is 0.304 e. The van der Waals surface area contributed by atoms with Crippen molar-refractivity contribution in [1.82, 2.24) is 5.32 Å². The third kappa shape index (κ3) is 3.42. The van der Waals surface area contributed by atoms with Crippen molar-refractivity contribution < 1.29 is 8.78 Å². The van der Waals surface area contributed by atoms with Crippen molar-refractivity contribution in [3.63, 3.8) is 0 Å². The molecule has 0 heterocycles. The predicted octanol–water partition coefficient (Wildman–Crippen LogP) is 4.69. The standard InChI is InChI=1S/C17H19F2N/c1-11-4-6-14(7-5-11)12(2)20-13(3)16-10-15(18)8-9-17(16)19/h4-10,12-13,20H,1-3H3/t12-,13?/m1/s1. The smallest absolute Gasteiger partial charge is 0.128 e. The predicted molar refractivity (Wildman–Crippen MR) is 77.5 cm³/mol. The minimum atomic E-state index is -0.418. The van der Waals surface area contributed by atoms with E-state index in [-0.39, 0.29) is 17.9 Å². The van der Waals surface area contributed by atoms with Crippen LogP contribution in [0.4, 0.5) is 8.78 Å². The second kappa shape index (κ2) is 6.14. The van der Waals surface area contributed by atoms with Crippen LogP contribution in [0, 0.1) is 18.6 Å². The van der Waals surface area contributed by atoms with Gasteiger partial charge in [-0.25, -0.2) is 8.78 Å². The summed E-state index contributed by atoms with van der Waals surface area (Å²) < 4.78 is 26.9. The van der Waals surface area contributed by atoms with Gasteiger partial charge in [-0.1, -0.05) is 29.8 Å². The van der Waals surface area contributed by atoms with Crippen molar-refractivity contribution in [1.29, 1.82) is 0 Å². The first-order valence-electron chi connectivity index (χ1n) is 6.75. The SMILES string of the molecule is Cc1ccc([C@@H](C)NC(C)c2cc(F)ccc2F)cc1. The maximum atomic E-state index is 13.7. The van der Waals surface area contributed by atoms with Crippen LogP contribution >= 0.6 is 0 Å². The number of rotatable bonds is 4. The molecule has 2 rings (SSSR count). The minimum Gasteiger partial charge on any atom is -0.304 e. The molecule has 2 aromatic rings. The van der Waals surface area contributed by atoms with E-state index in [2.05, 4.69) is 5.32 Å². The molecule has 0 aromatic heterocycles. The van der Waals surface area contributed by atoms with Gasteiger partial charge in [0.25, 0.3) is 0 Å². The number of nitrogens with one attached hydrogen (secondary N) is 1. The molecule has 0 spiro atoms. The molecule has 106 valence electrons. The van der Waals surface area contributed by atoms with Crippen LogP contribution < -0.4 is 5.32 Å². The topological polar surface area (TPSA) is 12.0 Å². The first-order valence-corrected chi connectivity index (χ1v) is 6.75. The third-order valence-corrected chi connectivity index (χ3v) is 3.50. The molecule has 0 aliphatic carbocycles. The van der Waals surface area contributed by atoms with Crippen LogP contribution in [0.1, 0.15) is 42.6 Å². The molecular formula is C17H19F2N. The average molecular weight is 275 g/mol. The van der Waals surface area contributed by atoms with Gasteiger partial charge in [0, 0.05) is 17.6 Å². The fourth-order valence-corrected chi connectivity index (χ4v) is 2.26. The van der Waals surface area contributed by atoms with E-state index in [9.17, 15) is 8.78 Å². The lowest BCUT2D eigenvalue weighted by atomic mass is 10.0. The molecule has 0 bridgehead atoms. The quantitative estimate of drug-likeness (QED) is 0.854. The van der Waals surface area contributed by atoms with Crippen LogP contribution in [0.5, 0.6) is 0 Å². The monoisotopic (exact) mass is 275 g/mol. The van der Waals surface area contributed by atoms with Crippen molar-refractivity contribution in [3.05, 3.63) is 70.8 Å². The highest BCUT2D eigenvalue weighted by atomic mass is 19.1. The highest BCUT2D eigenvalue weighted by Crippen LogP contribution is 2.22. The number of hydrogen-bond donors (Lipinski definition) is 1. The highest BCUT2D eigenvalue weighted by Gasteiger charge is 2.15. The van der Waals surface area contributed by atoms with Gasteiger partial charge in [-0.2, -0.15) is 0 Å². The molecule has 1 nitrogen and oxygen atoms in total. The average Bonchev–Trinajstić information content (AvgIpc) is 2.42. The van der Waals surface area contributed by atoms with E-state index in [0.717, 1.165) is 11.6 Å². The maximum Gasteiger partial charge on any atom is 0.128 e. The molecule has 3 heteroatoms. The van der Waals surface area contributed by atoms with Crippen LogP contribution in [0.2, 0.25) is 0 Å². The maximum absolute atomic E-state index is 13.7. The number of aryl methyl sites for hydroxylation is 1. The molecule has 0 aliphatic rings. The van der Waals surface area contributed by atoms with Gasteiger partial charge in [0.1, 0.15) is 11.6 Å². The lowest BCUT2D eigenvalue weighted by molar-refractivity contribution is 0.470. The van der Waals surface area contributed by atoms with Gasteiger partial charge in [0.2, 0.25) is 0 Å². The van der Waals surface area contributed by atoms with Gasteiger partial charge >= 0.3 is 0 Å². The summed E-state index contributed by atoms with van der Waals surface area (Å²) in [5, 5.41) is 3.29. The van der Waals surface area contributed by atoms with Crippen LogP contribution in [0.3, 0.4) is 0 Å². The molecule has 20 heavy (non-hydrogen) atoms. The normalized spacial score (nSPS) is 14.1. The van der Waals surface area contributed by atoms with Gasteiger partial charge in [-0.15, -0.1) is 0 Å². The van der Waals surface area contributed by atoms with Crippen molar-refractivity contribution >= 4 is 0 Å². The van der Waals surface area contributed by atoms with Crippen LogP contribution in [0.15, 0.2) is 42.5 Å². The minimum absolute atomic E-state index is 0.0632. The Balaban J connectivity index is 2.12. The summed E-state index contributed by atoms with van der Waals surface area (Å²) in [6.07, 6.45) is 0. The van der Waals surface area contributed by atoms with E-state index in [1.54, 1.807) is 0 Å². The Morgan fingerprint density at radius 2 is 1.55 bits per heavy atom. The van der Waals surface area contributed by atoms with E-state index in [4.69, 9.17) is 0 Å². The molecule has 0 saturated carbocycles. The highest BCUT2D eigenvalue weighted by molar-refractivity contribution is 5.25. The lowest BCUT2D eigenvalue weighted by Crippen LogP contribution is -2.23. The molecule has 0 aliphatic heterocycles. The molecule has 2 atom stereocenters. The van der Waals surface area contributed by atoms with Crippen LogP contribution in [-0.2, 0) is 0 Å². The van der Waals surface area contributed by atoms with E-state index in [1.165, 1.54) is 17.7 Å². The molecule has 1 unspecified atom stereocenters. The Morgan fingerprint density at radius 3 is 2.20 bits per heavy atom. The van der Waals surface area contributed by atoms with Gasteiger partial charge in [0.05, 0.1) is 0 Å². The van der Waals surface area contributed by atoms with Crippen molar-refractivity contribution in [2.75, 3.05) is 0 Å². The second-order valence-electron chi connectivity index (χ2n) is 5.19. The van der Waals surface area contributed by atoms with Gasteiger partial charge in [-0.05, 0) is 44.5 Å². The summed E-state index contributed by atoms with van der Waals surface area (Å²) >= 11 is 0. The summed E-state index contributed by atoms with van der Waals surface area (Å²) in [7, 11) is 0. The summed E-state index contributed by atoms with van der Waals surface area (Å²) in [5.41, 5.74) is 2.67. The second-order valence-corrected chi connectivity index (χ2v) is 5.19. The first-order chi connectivity index (χ1) is 9.47. The Hall–Kier alpha value is -1.74. The molecule has 0 radical (unpaired) electrons. The summed E-state index contributed by atoms with van der Waals surface area (Å²) in [6.45, 7) is 5.88. The zero-order valence-corrected chi connectivity index (χ0v) is 12.0. The number of benzene rings is 2. The van der Waals surface area contributed by atoms with Crippen LogP contribution in [0.25, 0.3) is 0 Å². The Morgan fingerprint density at radius 1 is 0.900 bits per heavy atom. The zero-order valence-electron chi connectivity index (χ0n) is 12.0. The summed E-state index contributed by atoms with van der Waals surface area (Å²) in [6, 6.07) is 11.5. The summed E-state index contributed by atoms with van der Waals surface area (Å²) in [4.78, 5) is 0. The molecular weight excluding hydrogens is 256 g/mol. The van der Waals surface area contributed by atoms with Crippen LogP contribution in [-0.4, -0.2) is 0 Å². The molecule has 0 fully saturated rings. The Kier molecular flexibility index (Phi) is 4.50. The van der Waals surface area contributed by atoms with Gasteiger partial charge < -0.3 is 5.32 Å². The Bertz CT molecular complexity index is 578. The molecule has 0 saturated heterocycles. The van der Waals surface area contributed by atoms with Gasteiger partial charge in [-0.3, -0.25) is 0 Å².